The number of anilines is 1. The zero-order valence-corrected chi connectivity index (χ0v) is 22.9. The van der Waals surface area contributed by atoms with Crippen LogP contribution in [-0.2, 0) is 23.9 Å². The van der Waals surface area contributed by atoms with Crippen molar-refractivity contribution in [3.8, 4) is 5.75 Å². The van der Waals surface area contributed by atoms with Crippen LogP contribution in [0, 0.1) is 0 Å². The molecule has 2 aliphatic heterocycles. The van der Waals surface area contributed by atoms with Gasteiger partial charge in [0.25, 0.3) is 11.5 Å². The number of H-pyrrole nitrogens is 1. The van der Waals surface area contributed by atoms with Gasteiger partial charge in [0.15, 0.2) is 0 Å². The average molecular weight is 599 g/mol. The van der Waals surface area contributed by atoms with Gasteiger partial charge >= 0.3 is 18.0 Å². The van der Waals surface area contributed by atoms with Gasteiger partial charge in [-0.2, -0.15) is 0 Å². The Morgan fingerprint density at radius 1 is 1.24 bits per heavy atom. The minimum absolute atomic E-state index is 0.102. The lowest BCUT2D eigenvalue weighted by atomic mass is 10.00. The Balaban J connectivity index is 1.45. The van der Waals surface area contributed by atoms with Crippen LogP contribution in [0.4, 0.5) is 10.5 Å². The molecule has 1 saturated heterocycles. The van der Waals surface area contributed by atoms with Gasteiger partial charge in [0.2, 0.25) is 5.91 Å². The number of aromatic hydroxyl groups is 1. The first-order valence-electron chi connectivity index (χ1n) is 12.8. The number of thioether (sulfide) groups is 1. The number of primary amides is 1. The van der Waals surface area contributed by atoms with Gasteiger partial charge in [-0.05, 0) is 30.5 Å². The normalized spacial score (nSPS) is 20.2. The molecule has 4 amide bonds. The summed E-state index contributed by atoms with van der Waals surface area (Å²) in [5.41, 5.74) is 4.71. The number of carbonyl (C=O) groups excluding carboxylic acids is 4. The van der Waals surface area contributed by atoms with Gasteiger partial charge in [-0.1, -0.05) is 12.1 Å². The van der Waals surface area contributed by atoms with Gasteiger partial charge in [0, 0.05) is 24.2 Å². The smallest absolute Gasteiger partial charge is 0.352 e. The maximum Gasteiger partial charge on any atom is 0.352 e. The van der Waals surface area contributed by atoms with E-state index in [-0.39, 0.29) is 46.5 Å². The summed E-state index contributed by atoms with van der Waals surface area (Å²) in [5.74, 6) is -3.11. The van der Waals surface area contributed by atoms with Gasteiger partial charge in [-0.25, -0.2) is 14.6 Å². The first-order chi connectivity index (χ1) is 20.0. The summed E-state index contributed by atoms with van der Waals surface area (Å²) in [4.78, 5) is 84.6. The third kappa shape index (κ3) is 5.39. The van der Waals surface area contributed by atoms with E-state index in [0.29, 0.717) is 5.82 Å². The van der Waals surface area contributed by atoms with Crippen LogP contribution >= 0.6 is 11.8 Å². The molecule has 220 valence electrons. The van der Waals surface area contributed by atoms with Crippen LogP contribution in [0.1, 0.15) is 43.1 Å². The molecule has 16 heteroatoms. The zero-order valence-electron chi connectivity index (χ0n) is 22.1. The maximum atomic E-state index is 13.8. The first-order valence-corrected chi connectivity index (χ1v) is 13.8. The number of esters is 1. The number of carboxylic acid groups (broad SMARTS) is 1. The summed E-state index contributed by atoms with van der Waals surface area (Å²) in [6, 6.07) is 1.34. The van der Waals surface area contributed by atoms with Crippen molar-refractivity contribution in [3.05, 3.63) is 63.5 Å². The molecule has 2 unspecified atom stereocenters. The highest BCUT2D eigenvalue weighted by atomic mass is 32.2. The Hall–Kier alpha value is -4.86. The number of β-lactam (4-membered cyclic amide) rings is 1. The predicted octanol–water partition coefficient (Wildman–Crippen LogP) is 0.281. The quantitative estimate of drug-likeness (QED) is 0.195. The fourth-order valence-corrected chi connectivity index (χ4v) is 6.14. The molecule has 1 aromatic heterocycles. The summed E-state index contributed by atoms with van der Waals surface area (Å²) in [5, 5.41) is 21.3. The van der Waals surface area contributed by atoms with Gasteiger partial charge in [0.1, 0.15) is 47.0 Å². The van der Waals surface area contributed by atoms with Crippen LogP contribution in [0.2, 0.25) is 0 Å². The summed E-state index contributed by atoms with van der Waals surface area (Å²) < 4.78 is 4.93. The Morgan fingerprint density at radius 3 is 2.50 bits per heavy atom. The number of aliphatic carboxylic acids is 1. The number of phenols is 1. The van der Waals surface area contributed by atoms with E-state index < -0.39 is 52.8 Å². The predicted molar refractivity (Wildman–Crippen MR) is 146 cm³/mol. The molecule has 0 radical (unpaired) electrons. The highest BCUT2D eigenvalue weighted by molar-refractivity contribution is 8.00. The molecule has 1 saturated carbocycles. The SMILES string of the molecule is CC(=O)OCC1=C(C(=O)O)N2C(=O)C(NC(=O)C(c3ccc(O)cc3)N(C(N)=O)c3cnc(C4CC4)[nH]c3=O)[C@H]2SC1. The van der Waals surface area contributed by atoms with Gasteiger partial charge in [0.05, 0.1) is 6.20 Å². The number of hydrogen-bond acceptors (Lipinski definition) is 10. The first kappa shape index (κ1) is 28.7. The lowest BCUT2D eigenvalue weighted by molar-refractivity contribution is -0.151. The highest BCUT2D eigenvalue weighted by Gasteiger charge is 2.55. The standard InChI is InChI=1S/C26H26N6O9S/c1-11(33)41-9-14-10-42-24-17(23(37)32(24)19(14)25(38)39)29-22(36)18(12-4-6-15(34)7-5-12)31(26(27)40)16-8-28-20(13-2-3-13)30-21(16)35/h4-8,13,17-18,24,34H,2-3,9-10H2,1H3,(H2,27,40)(H,29,36)(H,38,39)(H,28,30,35)/t17?,18?,24-/m1/s1. The summed E-state index contributed by atoms with van der Waals surface area (Å²) >= 11 is 1.16. The molecule has 2 aromatic rings. The minimum atomic E-state index is -1.57. The van der Waals surface area contributed by atoms with Crippen molar-refractivity contribution in [1.29, 1.82) is 0 Å². The summed E-state index contributed by atoms with van der Waals surface area (Å²) in [6.07, 6.45) is 2.87. The zero-order chi connectivity index (χ0) is 30.3. The molecule has 42 heavy (non-hydrogen) atoms. The second-order valence-electron chi connectivity index (χ2n) is 9.89. The van der Waals surface area contributed by atoms with Crippen LogP contribution < -0.4 is 21.5 Å². The molecule has 3 aliphatic rings. The third-order valence-corrected chi connectivity index (χ3v) is 8.31. The van der Waals surface area contributed by atoms with Crippen molar-refractivity contribution in [1.82, 2.24) is 20.2 Å². The van der Waals surface area contributed by atoms with Gasteiger partial charge in [-0.15, -0.1) is 11.8 Å². The average Bonchev–Trinajstić information content (AvgIpc) is 3.79. The van der Waals surface area contributed by atoms with E-state index in [1.165, 1.54) is 31.2 Å². The monoisotopic (exact) mass is 598 g/mol. The Kier molecular flexibility index (Phi) is 7.64. The fourth-order valence-electron chi connectivity index (χ4n) is 4.81. The number of amides is 4. The number of urea groups is 1. The molecular formula is C26H26N6O9S. The molecule has 0 bridgehead atoms. The number of aromatic nitrogens is 2. The molecule has 6 N–H and O–H groups in total. The molecule has 0 spiro atoms. The Labute approximate surface area is 241 Å². The number of nitrogens with zero attached hydrogens (tertiary/aromatic N) is 3. The van der Waals surface area contributed by atoms with Crippen molar-refractivity contribution >= 4 is 47.2 Å². The molecule has 3 heterocycles. The number of carbonyl (C=O) groups is 5. The second-order valence-corrected chi connectivity index (χ2v) is 11.0. The number of ether oxygens (including phenoxy) is 1. The Bertz CT molecular complexity index is 1570. The van der Waals surface area contributed by atoms with Crippen molar-refractivity contribution in [3.63, 3.8) is 0 Å². The van der Waals surface area contributed by atoms with E-state index in [9.17, 15) is 39.0 Å². The number of aromatic amines is 1. The number of benzene rings is 1. The minimum Gasteiger partial charge on any atom is -0.508 e. The maximum absolute atomic E-state index is 13.8. The van der Waals surface area contributed by atoms with Crippen molar-refractivity contribution in [2.45, 2.75) is 43.1 Å². The van der Waals surface area contributed by atoms with Crippen LogP contribution in [0.5, 0.6) is 5.75 Å². The molecule has 1 aromatic carbocycles. The van der Waals surface area contributed by atoms with Crippen molar-refractivity contribution < 1.29 is 38.9 Å². The fraction of sp³-hybridized carbons (Fsp3) is 0.346. The molecule has 5 rings (SSSR count). The van der Waals surface area contributed by atoms with E-state index in [2.05, 4.69) is 15.3 Å². The number of nitrogens with two attached hydrogens (primary N) is 1. The number of carboxylic acids is 1. The molecule has 3 atom stereocenters. The van der Waals surface area contributed by atoms with E-state index in [1.807, 2.05) is 0 Å². The number of rotatable bonds is 9. The second kappa shape index (κ2) is 11.2. The Morgan fingerprint density at radius 2 is 1.93 bits per heavy atom. The third-order valence-electron chi connectivity index (χ3n) is 6.97. The van der Waals surface area contributed by atoms with Gasteiger partial charge < -0.3 is 31.0 Å². The molecular weight excluding hydrogens is 572 g/mol. The van der Waals surface area contributed by atoms with E-state index in [4.69, 9.17) is 10.5 Å². The van der Waals surface area contributed by atoms with Crippen LogP contribution in [-0.4, -0.2) is 78.6 Å². The van der Waals surface area contributed by atoms with E-state index in [1.54, 1.807) is 0 Å². The number of hydrogen-bond donors (Lipinski definition) is 5. The van der Waals surface area contributed by atoms with E-state index >= 15 is 0 Å². The largest absolute Gasteiger partial charge is 0.508 e. The molecule has 15 nitrogen and oxygen atoms in total. The number of fused-ring (bicyclic) bond motifs is 1. The van der Waals surface area contributed by atoms with Crippen molar-refractivity contribution in [2.24, 2.45) is 5.73 Å². The molecule has 2 fully saturated rings. The van der Waals surface area contributed by atoms with Crippen molar-refractivity contribution in [2.75, 3.05) is 17.3 Å². The van der Waals surface area contributed by atoms with Crippen LogP contribution in [0.25, 0.3) is 0 Å². The summed E-state index contributed by atoms with van der Waals surface area (Å²) in [7, 11) is 0. The highest BCUT2D eigenvalue weighted by Crippen LogP contribution is 2.41. The topological polar surface area (TPSA) is 225 Å². The molecule has 1 aliphatic carbocycles. The summed E-state index contributed by atoms with van der Waals surface area (Å²) in [6.45, 7) is 0.863. The van der Waals surface area contributed by atoms with Crippen LogP contribution in [0.15, 0.2) is 46.5 Å². The number of phenolic OH excluding ortho intramolecular Hbond substituents is 1. The number of nitrogens with one attached hydrogen (secondary N) is 2. The lowest BCUT2D eigenvalue weighted by Gasteiger charge is -2.49. The van der Waals surface area contributed by atoms with Gasteiger partial charge in [-0.3, -0.25) is 29.0 Å². The van der Waals surface area contributed by atoms with E-state index in [0.717, 1.165) is 40.6 Å². The lowest BCUT2D eigenvalue weighted by Crippen LogP contribution is -2.71. The van der Waals surface area contributed by atoms with Crippen LogP contribution in [0.3, 0.4) is 0 Å².